The van der Waals surface area contributed by atoms with Crippen molar-refractivity contribution in [2.24, 2.45) is 5.92 Å². The second-order valence-corrected chi connectivity index (χ2v) is 5.97. The lowest BCUT2D eigenvalue weighted by Crippen LogP contribution is -2.33. The number of hydrogen-bond acceptors (Lipinski definition) is 3. The van der Waals surface area contributed by atoms with Crippen molar-refractivity contribution in [2.45, 2.75) is 39.7 Å². The summed E-state index contributed by atoms with van der Waals surface area (Å²) in [5.41, 5.74) is 1.17. The van der Waals surface area contributed by atoms with Crippen LogP contribution in [0, 0.1) is 5.92 Å². The highest BCUT2D eigenvalue weighted by molar-refractivity contribution is 5.49. The monoisotopic (exact) mass is 278 g/mol. The number of hydrogen-bond donors (Lipinski definition) is 1. The summed E-state index contributed by atoms with van der Waals surface area (Å²) < 4.78 is 6.14. The van der Waals surface area contributed by atoms with Gasteiger partial charge in [-0.25, -0.2) is 0 Å². The zero-order chi connectivity index (χ0) is 15.0. The van der Waals surface area contributed by atoms with Gasteiger partial charge in [0.15, 0.2) is 0 Å². The Morgan fingerprint density at radius 3 is 2.55 bits per heavy atom. The Morgan fingerprint density at radius 1 is 1.20 bits per heavy atom. The van der Waals surface area contributed by atoms with E-state index in [1.54, 1.807) is 0 Å². The average molecular weight is 278 g/mol. The van der Waals surface area contributed by atoms with Crippen molar-refractivity contribution in [2.75, 3.05) is 32.1 Å². The quantitative estimate of drug-likeness (QED) is 0.747. The first-order valence-corrected chi connectivity index (χ1v) is 7.67. The Balaban J connectivity index is 2.57. The summed E-state index contributed by atoms with van der Waals surface area (Å²) in [6, 6.07) is 8.29. The topological polar surface area (TPSA) is 24.5 Å². The predicted octanol–water partition coefficient (Wildman–Crippen LogP) is 3.55. The van der Waals surface area contributed by atoms with Gasteiger partial charge < -0.3 is 15.0 Å². The third kappa shape index (κ3) is 6.29. The third-order valence-corrected chi connectivity index (χ3v) is 3.17. The summed E-state index contributed by atoms with van der Waals surface area (Å²) in [7, 11) is 4.10. The normalized spacial score (nSPS) is 12.5. The average Bonchev–Trinajstić information content (AvgIpc) is 2.38. The van der Waals surface area contributed by atoms with Gasteiger partial charge in [-0.15, -0.1) is 0 Å². The minimum atomic E-state index is 0.246. The third-order valence-electron chi connectivity index (χ3n) is 3.17. The molecule has 1 atom stereocenters. The van der Waals surface area contributed by atoms with E-state index in [4.69, 9.17) is 4.74 Å². The molecule has 0 amide bonds. The molecule has 0 saturated heterocycles. The fraction of sp³-hybridized carbons (Fsp3) is 0.647. The maximum absolute atomic E-state index is 6.14. The summed E-state index contributed by atoms with van der Waals surface area (Å²) >= 11 is 0. The van der Waals surface area contributed by atoms with Crippen LogP contribution in [-0.4, -0.2) is 33.3 Å². The molecular weight excluding hydrogens is 248 g/mol. The molecule has 1 unspecified atom stereocenters. The molecule has 0 aliphatic carbocycles. The van der Waals surface area contributed by atoms with E-state index in [1.165, 1.54) is 5.69 Å². The first kappa shape index (κ1) is 16.8. The Bertz CT molecular complexity index is 377. The van der Waals surface area contributed by atoms with Crippen molar-refractivity contribution in [3.05, 3.63) is 24.3 Å². The molecule has 3 heteroatoms. The number of nitrogens with one attached hydrogen (secondary N) is 1. The van der Waals surface area contributed by atoms with Gasteiger partial charge in [0.05, 0.1) is 0 Å². The van der Waals surface area contributed by atoms with Gasteiger partial charge in [0.1, 0.15) is 11.9 Å². The van der Waals surface area contributed by atoms with Crippen molar-refractivity contribution in [3.63, 3.8) is 0 Å². The molecule has 0 aromatic heterocycles. The highest BCUT2D eigenvalue weighted by Gasteiger charge is 2.10. The van der Waals surface area contributed by atoms with E-state index in [9.17, 15) is 0 Å². The molecule has 1 N–H and O–H groups in total. The van der Waals surface area contributed by atoms with Crippen molar-refractivity contribution in [1.29, 1.82) is 0 Å². The minimum absolute atomic E-state index is 0.246. The number of rotatable bonds is 9. The molecule has 0 bridgehead atoms. The number of benzene rings is 1. The van der Waals surface area contributed by atoms with Gasteiger partial charge in [0, 0.05) is 32.4 Å². The van der Waals surface area contributed by atoms with Crippen LogP contribution in [0.25, 0.3) is 0 Å². The largest absolute Gasteiger partial charge is 0.489 e. The van der Waals surface area contributed by atoms with Crippen molar-refractivity contribution >= 4 is 5.69 Å². The summed E-state index contributed by atoms with van der Waals surface area (Å²) in [6.45, 7) is 8.61. The van der Waals surface area contributed by atoms with Crippen molar-refractivity contribution < 1.29 is 4.74 Å². The number of nitrogens with zero attached hydrogens (tertiary/aromatic N) is 1. The van der Waals surface area contributed by atoms with Crippen LogP contribution in [0.2, 0.25) is 0 Å². The molecule has 0 heterocycles. The van der Waals surface area contributed by atoms with Gasteiger partial charge in [-0.1, -0.05) is 33.3 Å². The molecule has 0 fully saturated rings. The number of ether oxygens (including phenoxy) is 1. The van der Waals surface area contributed by atoms with Crippen molar-refractivity contribution in [1.82, 2.24) is 5.32 Å². The zero-order valence-electron chi connectivity index (χ0n) is 13.6. The summed E-state index contributed by atoms with van der Waals surface area (Å²) in [5.74, 6) is 1.63. The second-order valence-electron chi connectivity index (χ2n) is 5.97. The van der Waals surface area contributed by atoms with E-state index in [0.29, 0.717) is 5.92 Å². The molecule has 20 heavy (non-hydrogen) atoms. The predicted molar refractivity (Wildman–Crippen MR) is 87.8 cm³/mol. The van der Waals surface area contributed by atoms with Gasteiger partial charge in [-0.2, -0.15) is 0 Å². The van der Waals surface area contributed by atoms with Gasteiger partial charge in [0.25, 0.3) is 0 Å². The molecule has 0 aliphatic heterocycles. The lowest BCUT2D eigenvalue weighted by molar-refractivity contribution is 0.185. The van der Waals surface area contributed by atoms with Crippen LogP contribution in [0.15, 0.2) is 24.3 Å². The van der Waals surface area contributed by atoms with E-state index >= 15 is 0 Å². The maximum Gasteiger partial charge on any atom is 0.121 e. The van der Waals surface area contributed by atoms with E-state index < -0.39 is 0 Å². The fourth-order valence-electron chi connectivity index (χ4n) is 2.09. The molecular formula is C17H30N2O. The van der Waals surface area contributed by atoms with E-state index in [-0.39, 0.29) is 6.10 Å². The summed E-state index contributed by atoms with van der Waals surface area (Å²) in [5, 5.41) is 3.49. The SMILES string of the molecule is CCCC(CNCC(C)C)Oc1cccc(N(C)C)c1. The highest BCUT2D eigenvalue weighted by atomic mass is 16.5. The zero-order valence-corrected chi connectivity index (χ0v) is 13.6. The molecule has 0 saturated carbocycles. The molecule has 1 aromatic rings. The van der Waals surface area contributed by atoms with Crippen LogP contribution in [0.1, 0.15) is 33.6 Å². The van der Waals surface area contributed by atoms with Gasteiger partial charge in [-0.05, 0) is 31.0 Å². The van der Waals surface area contributed by atoms with Crippen LogP contribution < -0.4 is 15.0 Å². The highest BCUT2D eigenvalue weighted by Crippen LogP contribution is 2.21. The summed E-state index contributed by atoms with van der Waals surface area (Å²) in [6.07, 6.45) is 2.47. The van der Waals surface area contributed by atoms with E-state index in [1.807, 2.05) is 20.2 Å². The van der Waals surface area contributed by atoms with Crippen LogP contribution in [0.5, 0.6) is 5.75 Å². The second kappa shape index (κ2) is 8.85. The van der Waals surface area contributed by atoms with Crippen LogP contribution >= 0.6 is 0 Å². The van der Waals surface area contributed by atoms with Gasteiger partial charge in [0.2, 0.25) is 0 Å². The van der Waals surface area contributed by atoms with Gasteiger partial charge >= 0.3 is 0 Å². The molecule has 3 nitrogen and oxygen atoms in total. The minimum Gasteiger partial charge on any atom is -0.489 e. The van der Waals surface area contributed by atoms with Crippen LogP contribution in [-0.2, 0) is 0 Å². The molecule has 0 spiro atoms. The molecule has 1 rings (SSSR count). The number of anilines is 1. The molecule has 0 aliphatic rings. The molecule has 0 radical (unpaired) electrons. The van der Waals surface area contributed by atoms with E-state index in [2.05, 4.69) is 49.2 Å². The Labute approximate surface area is 124 Å². The first-order chi connectivity index (χ1) is 9.52. The first-order valence-electron chi connectivity index (χ1n) is 7.67. The standard InChI is InChI=1S/C17H30N2O/c1-6-8-17(13-18-12-14(2)3)20-16-10-7-9-15(11-16)19(4)5/h7,9-11,14,17-18H,6,8,12-13H2,1-5H3. The smallest absolute Gasteiger partial charge is 0.121 e. The lowest BCUT2D eigenvalue weighted by atomic mass is 10.2. The molecule has 114 valence electrons. The fourth-order valence-corrected chi connectivity index (χ4v) is 2.09. The Hall–Kier alpha value is -1.22. The van der Waals surface area contributed by atoms with Gasteiger partial charge in [-0.3, -0.25) is 0 Å². The van der Waals surface area contributed by atoms with Crippen molar-refractivity contribution in [3.8, 4) is 5.75 Å². The Morgan fingerprint density at radius 2 is 1.95 bits per heavy atom. The Kier molecular flexibility index (Phi) is 7.45. The van der Waals surface area contributed by atoms with Crippen LogP contribution in [0.3, 0.4) is 0 Å². The molecule has 1 aromatic carbocycles. The van der Waals surface area contributed by atoms with E-state index in [0.717, 1.165) is 31.7 Å². The lowest BCUT2D eigenvalue weighted by Gasteiger charge is -2.21. The van der Waals surface area contributed by atoms with Crippen LogP contribution in [0.4, 0.5) is 5.69 Å². The summed E-state index contributed by atoms with van der Waals surface area (Å²) in [4.78, 5) is 2.10. The maximum atomic E-state index is 6.14.